The molecular weight excluding hydrogens is 282 g/mol. The Morgan fingerprint density at radius 1 is 1.41 bits per heavy atom. The maximum atomic E-state index is 12.0. The summed E-state index contributed by atoms with van der Waals surface area (Å²) in [5, 5.41) is 11.1. The molecule has 1 N–H and O–H groups in total. The number of fused-ring (bicyclic) bond motifs is 1. The van der Waals surface area contributed by atoms with Crippen LogP contribution in [0.25, 0.3) is 11.0 Å². The normalized spacial score (nSPS) is 16.2. The first-order valence-corrected chi connectivity index (χ1v) is 7.49. The van der Waals surface area contributed by atoms with Crippen LogP contribution in [0.1, 0.15) is 19.8 Å². The van der Waals surface area contributed by atoms with Gasteiger partial charge in [-0.25, -0.2) is 4.68 Å². The number of nitrogens with zero attached hydrogens (tertiary/aromatic N) is 4. The molecule has 2 aromatic rings. The van der Waals surface area contributed by atoms with E-state index in [0.29, 0.717) is 19.5 Å². The highest BCUT2D eigenvalue weighted by atomic mass is 16.2. The van der Waals surface area contributed by atoms with Gasteiger partial charge in [-0.3, -0.25) is 9.59 Å². The molecule has 1 aliphatic rings. The maximum absolute atomic E-state index is 12.0. The van der Waals surface area contributed by atoms with Gasteiger partial charge in [0.15, 0.2) is 0 Å². The Kier molecular flexibility index (Phi) is 4.04. The van der Waals surface area contributed by atoms with Crippen molar-refractivity contribution in [1.82, 2.24) is 25.2 Å². The van der Waals surface area contributed by atoms with Gasteiger partial charge in [0.1, 0.15) is 5.52 Å². The molecule has 2 heterocycles. The molecule has 1 aliphatic heterocycles. The Morgan fingerprint density at radius 3 is 3.00 bits per heavy atom. The molecular formula is C15H19N5O2. The van der Waals surface area contributed by atoms with Crippen LogP contribution in [-0.2, 0) is 16.1 Å². The number of nitrogens with one attached hydrogen (secondary N) is 1. The second kappa shape index (κ2) is 6.13. The lowest BCUT2D eigenvalue weighted by atomic mass is 10.3. The quantitative estimate of drug-likeness (QED) is 0.875. The second-order valence-corrected chi connectivity index (χ2v) is 5.65. The SMILES string of the molecule is C[C@@H](Cn1nnc2ccccc21)NC(=O)CN1CCCC1=O. The summed E-state index contributed by atoms with van der Waals surface area (Å²) in [6, 6.07) is 7.62. The third kappa shape index (κ3) is 3.08. The first-order valence-electron chi connectivity index (χ1n) is 7.49. The van der Waals surface area contributed by atoms with E-state index in [9.17, 15) is 9.59 Å². The molecule has 116 valence electrons. The van der Waals surface area contributed by atoms with Crippen LogP contribution >= 0.6 is 0 Å². The lowest BCUT2D eigenvalue weighted by Crippen LogP contribution is -2.43. The van der Waals surface area contributed by atoms with Crippen molar-refractivity contribution in [3.05, 3.63) is 24.3 Å². The number of amides is 2. The summed E-state index contributed by atoms with van der Waals surface area (Å²) >= 11 is 0. The van der Waals surface area contributed by atoms with Crippen molar-refractivity contribution in [2.24, 2.45) is 0 Å². The molecule has 7 nitrogen and oxygen atoms in total. The van der Waals surface area contributed by atoms with Gasteiger partial charge >= 0.3 is 0 Å². The predicted octanol–water partition coefficient (Wildman–Crippen LogP) is 0.558. The Labute approximate surface area is 128 Å². The Bertz CT molecular complexity index is 696. The van der Waals surface area contributed by atoms with Gasteiger partial charge in [-0.05, 0) is 25.5 Å². The smallest absolute Gasteiger partial charge is 0.239 e. The van der Waals surface area contributed by atoms with Crippen molar-refractivity contribution in [3.63, 3.8) is 0 Å². The number of hydrogen-bond acceptors (Lipinski definition) is 4. The molecule has 1 saturated heterocycles. The Hall–Kier alpha value is -2.44. The number of aromatic nitrogens is 3. The van der Waals surface area contributed by atoms with Gasteiger partial charge in [0.25, 0.3) is 0 Å². The predicted molar refractivity (Wildman–Crippen MR) is 80.9 cm³/mol. The summed E-state index contributed by atoms with van der Waals surface area (Å²) in [6.07, 6.45) is 1.39. The molecule has 2 amide bonds. The van der Waals surface area contributed by atoms with Crippen LogP contribution in [0.5, 0.6) is 0 Å². The zero-order valence-electron chi connectivity index (χ0n) is 12.5. The second-order valence-electron chi connectivity index (χ2n) is 5.65. The van der Waals surface area contributed by atoms with Gasteiger partial charge in [0.05, 0.1) is 18.6 Å². The molecule has 0 saturated carbocycles. The Morgan fingerprint density at radius 2 is 2.23 bits per heavy atom. The largest absolute Gasteiger partial charge is 0.350 e. The van der Waals surface area contributed by atoms with E-state index in [2.05, 4.69) is 15.6 Å². The first kappa shape index (κ1) is 14.5. The number of benzene rings is 1. The fourth-order valence-corrected chi connectivity index (χ4v) is 2.72. The third-order valence-corrected chi connectivity index (χ3v) is 3.78. The highest BCUT2D eigenvalue weighted by Crippen LogP contribution is 2.10. The number of rotatable bonds is 5. The van der Waals surface area contributed by atoms with Crippen LogP contribution in [0, 0.1) is 0 Å². The van der Waals surface area contributed by atoms with Crippen LogP contribution in [0.15, 0.2) is 24.3 Å². The van der Waals surface area contributed by atoms with Gasteiger partial charge in [0, 0.05) is 19.0 Å². The average Bonchev–Trinajstić information content (AvgIpc) is 3.07. The number of likely N-dealkylation sites (tertiary alicyclic amines) is 1. The summed E-state index contributed by atoms with van der Waals surface area (Å²) in [4.78, 5) is 25.1. The Balaban J connectivity index is 1.56. The molecule has 3 rings (SSSR count). The molecule has 22 heavy (non-hydrogen) atoms. The van der Waals surface area contributed by atoms with Gasteiger partial charge in [-0.1, -0.05) is 17.3 Å². The highest BCUT2D eigenvalue weighted by Gasteiger charge is 2.22. The standard InChI is InChI=1S/C15H19N5O2/c1-11(16-14(21)10-19-8-4-7-15(19)22)9-20-13-6-3-2-5-12(13)17-18-20/h2-3,5-6,11H,4,7-10H2,1H3,(H,16,21)/t11-/m0/s1. The van der Waals surface area contributed by atoms with Crippen molar-refractivity contribution in [3.8, 4) is 0 Å². The molecule has 0 radical (unpaired) electrons. The highest BCUT2D eigenvalue weighted by molar-refractivity contribution is 5.85. The summed E-state index contributed by atoms with van der Waals surface area (Å²) in [5.41, 5.74) is 1.78. The van der Waals surface area contributed by atoms with E-state index in [1.54, 1.807) is 9.58 Å². The van der Waals surface area contributed by atoms with Crippen molar-refractivity contribution in [1.29, 1.82) is 0 Å². The molecule has 1 aromatic carbocycles. The van der Waals surface area contributed by atoms with Crippen molar-refractivity contribution in [2.45, 2.75) is 32.4 Å². The van der Waals surface area contributed by atoms with Crippen LogP contribution in [-0.4, -0.2) is 50.8 Å². The van der Waals surface area contributed by atoms with Crippen LogP contribution in [0.2, 0.25) is 0 Å². The van der Waals surface area contributed by atoms with Gasteiger partial charge in [0.2, 0.25) is 11.8 Å². The van der Waals surface area contributed by atoms with Crippen LogP contribution in [0.4, 0.5) is 0 Å². The summed E-state index contributed by atoms with van der Waals surface area (Å²) in [5.74, 6) is -0.0720. The van der Waals surface area contributed by atoms with E-state index in [1.165, 1.54) is 0 Å². The fourth-order valence-electron chi connectivity index (χ4n) is 2.72. The van der Waals surface area contributed by atoms with E-state index < -0.39 is 0 Å². The van der Waals surface area contributed by atoms with Crippen LogP contribution in [0.3, 0.4) is 0 Å². The molecule has 0 spiro atoms. The molecule has 1 fully saturated rings. The number of hydrogen-bond donors (Lipinski definition) is 1. The molecule has 0 bridgehead atoms. The zero-order valence-corrected chi connectivity index (χ0v) is 12.5. The van der Waals surface area contributed by atoms with E-state index in [4.69, 9.17) is 0 Å². The monoisotopic (exact) mass is 301 g/mol. The lowest BCUT2D eigenvalue weighted by Gasteiger charge is -2.18. The molecule has 1 atom stereocenters. The fraction of sp³-hybridized carbons (Fsp3) is 0.467. The van der Waals surface area contributed by atoms with E-state index in [-0.39, 0.29) is 24.4 Å². The minimum atomic E-state index is -0.132. The zero-order chi connectivity index (χ0) is 15.5. The van der Waals surface area contributed by atoms with Crippen molar-refractivity contribution < 1.29 is 9.59 Å². The minimum Gasteiger partial charge on any atom is -0.350 e. The minimum absolute atomic E-state index is 0.0603. The summed E-state index contributed by atoms with van der Waals surface area (Å²) in [7, 11) is 0. The van der Waals surface area contributed by atoms with Gasteiger partial charge < -0.3 is 10.2 Å². The van der Waals surface area contributed by atoms with E-state index >= 15 is 0 Å². The van der Waals surface area contributed by atoms with E-state index in [0.717, 1.165) is 17.5 Å². The number of carbonyl (C=O) groups is 2. The first-order chi connectivity index (χ1) is 10.6. The van der Waals surface area contributed by atoms with Crippen LogP contribution < -0.4 is 5.32 Å². The third-order valence-electron chi connectivity index (χ3n) is 3.78. The molecule has 0 unspecified atom stereocenters. The van der Waals surface area contributed by atoms with Gasteiger partial charge in [-0.2, -0.15) is 0 Å². The molecule has 0 aliphatic carbocycles. The number of carbonyl (C=O) groups excluding carboxylic acids is 2. The summed E-state index contributed by atoms with van der Waals surface area (Å²) in [6.45, 7) is 3.27. The topological polar surface area (TPSA) is 80.1 Å². The maximum Gasteiger partial charge on any atom is 0.239 e. The van der Waals surface area contributed by atoms with Gasteiger partial charge in [-0.15, -0.1) is 5.10 Å². The average molecular weight is 301 g/mol. The summed E-state index contributed by atoms with van der Waals surface area (Å²) < 4.78 is 1.78. The molecule has 1 aromatic heterocycles. The van der Waals surface area contributed by atoms with Crippen molar-refractivity contribution in [2.75, 3.05) is 13.1 Å². The molecule has 7 heteroatoms. The lowest BCUT2D eigenvalue weighted by molar-refractivity contribution is -0.133. The van der Waals surface area contributed by atoms with Crippen molar-refractivity contribution >= 4 is 22.8 Å². The number of para-hydroxylation sites is 1. The van der Waals surface area contributed by atoms with E-state index in [1.807, 2.05) is 31.2 Å².